The van der Waals surface area contributed by atoms with E-state index in [0.717, 1.165) is 84.0 Å². The fourth-order valence-corrected chi connectivity index (χ4v) is 9.10. The Bertz CT molecular complexity index is 2220. The number of piperidine rings is 3. The normalized spacial score (nSPS) is 22.3. The first-order valence-electron chi connectivity index (χ1n) is 20.9. The first-order chi connectivity index (χ1) is 28.7. The molecule has 5 N–H and O–H groups in total. The highest BCUT2D eigenvalue weighted by Gasteiger charge is 2.33. The number of carbonyl (C=O) groups excluding carboxylic acids is 3. The Morgan fingerprint density at radius 3 is 2.34 bits per heavy atom. The molecule has 0 bridgehead atoms. The van der Waals surface area contributed by atoms with Crippen molar-refractivity contribution in [1.82, 2.24) is 30.5 Å². The van der Waals surface area contributed by atoms with E-state index in [1.807, 2.05) is 6.07 Å². The summed E-state index contributed by atoms with van der Waals surface area (Å²) in [6.07, 6.45) is 11.2. The third-order valence-electron chi connectivity index (χ3n) is 12.4. The summed E-state index contributed by atoms with van der Waals surface area (Å²) in [4.78, 5) is 65.4. The smallest absolute Gasteiger partial charge is 0.255 e. The molecule has 0 spiro atoms. The number of hydrogen-bond donors (Lipinski definition) is 5. The van der Waals surface area contributed by atoms with Gasteiger partial charge >= 0.3 is 0 Å². The Balaban J connectivity index is 0.773. The van der Waals surface area contributed by atoms with Crippen LogP contribution in [0.3, 0.4) is 0 Å². The van der Waals surface area contributed by atoms with Gasteiger partial charge in [-0.05, 0) is 119 Å². The molecule has 3 amide bonds. The third-order valence-corrected chi connectivity index (χ3v) is 12.4. The van der Waals surface area contributed by atoms with Crippen molar-refractivity contribution in [2.75, 3.05) is 41.7 Å². The second-order valence-corrected chi connectivity index (χ2v) is 16.3. The Morgan fingerprint density at radius 1 is 0.780 bits per heavy atom. The van der Waals surface area contributed by atoms with E-state index in [-0.39, 0.29) is 59.2 Å². The summed E-state index contributed by atoms with van der Waals surface area (Å²) in [6.45, 7) is 3.20. The van der Waals surface area contributed by atoms with Gasteiger partial charge in [-0.25, -0.2) is 18.7 Å². The predicted molar refractivity (Wildman–Crippen MR) is 222 cm³/mol. The van der Waals surface area contributed by atoms with Crippen molar-refractivity contribution in [2.45, 2.75) is 94.8 Å². The van der Waals surface area contributed by atoms with Gasteiger partial charge in [-0.2, -0.15) is 0 Å². The standard InChI is InChI=1S/C44H51F2N9O4/c45-35-25-32(49-37-12-14-39(56)52-43(37)59)11-13-38(35)55-22-17-33(18-23-55)54-20-15-27(16-21-54)41(57)50-30-6-2-7-31(10-9-30)51-44-48-26-36(46)40(53-44)29-5-1-4-28(24-29)34-8-3-19-47-42(34)58/h1,3-5,8,11,13,19,24-27,30-31,33,37,49H,2,6-7,9-10,12,14-18,20-23H2,(H,47,58)(H,50,57)(H,48,51,53)(H,52,56,59)/t30-,31-,37-/m1/s1. The zero-order valence-electron chi connectivity index (χ0n) is 33.0. The maximum Gasteiger partial charge on any atom is 0.255 e. The van der Waals surface area contributed by atoms with E-state index in [0.29, 0.717) is 46.5 Å². The first-order valence-corrected chi connectivity index (χ1v) is 20.9. The van der Waals surface area contributed by atoms with Crippen LogP contribution in [0.2, 0.25) is 0 Å². The number of carbonyl (C=O) groups is 3. The molecule has 4 fully saturated rings. The summed E-state index contributed by atoms with van der Waals surface area (Å²) in [5.74, 6) is -1.11. The van der Waals surface area contributed by atoms with Crippen LogP contribution in [0.25, 0.3) is 22.4 Å². The lowest BCUT2D eigenvalue weighted by Crippen LogP contribution is -2.50. The molecular weight excluding hydrogens is 757 g/mol. The van der Waals surface area contributed by atoms with Gasteiger partial charge in [0.2, 0.25) is 23.7 Å². The molecule has 2 aromatic carbocycles. The summed E-state index contributed by atoms with van der Waals surface area (Å²) in [6, 6.07) is 15.5. The number of pyridine rings is 1. The molecule has 8 rings (SSSR count). The maximum atomic E-state index is 15.2. The number of halogens is 2. The number of nitrogens with zero attached hydrogens (tertiary/aromatic N) is 4. The van der Waals surface area contributed by atoms with E-state index in [1.165, 1.54) is 12.3 Å². The molecule has 4 aromatic rings. The van der Waals surface area contributed by atoms with Crippen molar-refractivity contribution in [3.05, 3.63) is 89.0 Å². The maximum absolute atomic E-state index is 15.2. The van der Waals surface area contributed by atoms with Crippen molar-refractivity contribution in [3.63, 3.8) is 0 Å². The molecule has 310 valence electrons. The molecular formula is C44H51F2N9O4. The fourth-order valence-electron chi connectivity index (χ4n) is 9.10. The van der Waals surface area contributed by atoms with Crippen molar-refractivity contribution in [2.24, 2.45) is 5.92 Å². The molecule has 2 aromatic heterocycles. The number of imide groups is 1. The summed E-state index contributed by atoms with van der Waals surface area (Å²) in [7, 11) is 0. The lowest BCUT2D eigenvalue weighted by Gasteiger charge is -2.42. The van der Waals surface area contributed by atoms with Crippen LogP contribution < -0.4 is 31.7 Å². The van der Waals surface area contributed by atoms with Crippen molar-refractivity contribution in [3.8, 4) is 22.4 Å². The quantitative estimate of drug-likeness (QED) is 0.101. The van der Waals surface area contributed by atoms with E-state index in [1.54, 1.807) is 48.7 Å². The van der Waals surface area contributed by atoms with Gasteiger partial charge in [-0.15, -0.1) is 0 Å². The first kappa shape index (κ1) is 40.1. The summed E-state index contributed by atoms with van der Waals surface area (Å²) in [5.41, 5.74) is 2.70. The summed E-state index contributed by atoms with van der Waals surface area (Å²) >= 11 is 0. The minimum Gasteiger partial charge on any atom is -0.374 e. The molecule has 5 heterocycles. The molecule has 59 heavy (non-hydrogen) atoms. The monoisotopic (exact) mass is 807 g/mol. The molecule has 1 aliphatic carbocycles. The second kappa shape index (κ2) is 18.1. The molecule has 3 atom stereocenters. The van der Waals surface area contributed by atoms with Crippen LogP contribution in [0.15, 0.2) is 71.8 Å². The third kappa shape index (κ3) is 9.62. The van der Waals surface area contributed by atoms with Crippen molar-refractivity contribution >= 4 is 35.0 Å². The lowest BCUT2D eigenvalue weighted by atomic mass is 9.92. The van der Waals surface area contributed by atoms with E-state index in [9.17, 15) is 19.2 Å². The topological polar surface area (TPSA) is 164 Å². The number of benzene rings is 2. The number of aromatic nitrogens is 3. The highest BCUT2D eigenvalue weighted by atomic mass is 19.1. The van der Waals surface area contributed by atoms with Crippen LogP contribution in [0.4, 0.5) is 26.1 Å². The van der Waals surface area contributed by atoms with E-state index in [2.05, 4.69) is 46.0 Å². The number of amides is 3. The molecule has 0 unspecified atom stereocenters. The Morgan fingerprint density at radius 2 is 1.56 bits per heavy atom. The van der Waals surface area contributed by atoms with Gasteiger partial charge in [0.1, 0.15) is 17.6 Å². The summed E-state index contributed by atoms with van der Waals surface area (Å²) in [5, 5.41) is 12.1. The minimum absolute atomic E-state index is 0.0188. The lowest BCUT2D eigenvalue weighted by molar-refractivity contribution is -0.133. The zero-order chi connectivity index (χ0) is 40.9. The van der Waals surface area contributed by atoms with Gasteiger partial charge in [0.25, 0.3) is 5.56 Å². The van der Waals surface area contributed by atoms with E-state index < -0.39 is 11.9 Å². The van der Waals surface area contributed by atoms with Crippen LogP contribution >= 0.6 is 0 Å². The predicted octanol–water partition coefficient (Wildman–Crippen LogP) is 5.60. The molecule has 15 heteroatoms. The van der Waals surface area contributed by atoms with Gasteiger partial charge in [0.05, 0.1) is 11.9 Å². The van der Waals surface area contributed by atoms with Gasteiger partial charge in [-0.3, -0.25) is 24.5 Å². The van der Waals surface area contributed by atoms with Gasteiger partial charge in [0.15, 0.2) is 5.82 Å². The van der Waals surface area contributed by atoms with Gasteiger partial charge < -0.3 is 30.7 Å². The molecule has 4 aliphatic rings. The highest BCUT2D eigenvalue weighted by Crippen LogP contribution is 2.31. The molecule has 13 nitrogen and oxygen atoms in total. The van der Waals surface area contributed by atoms with Crippen LogP contribution in [0, 0.1) is 17.6 Å². The van der Waals surface area contributed by atoms with E-state index in [4.69, 9.17) is 0 Å². The zero-order valence-corrected chi connectivity index (χ0v) is 33.0. The number of H-pyrrole nitrogens is 1. The van der Waals surface area contributed by atoms with Crippen LogP contribution in [0.1, 0.15) is 70.6 Å². The van der Waals surface area contributed by atoms with Crippen molar-refractivity contribution in [1.29, 1.82) is 0 Å². The Labute approximate surface area is 341 Å². The molecule has 3 aliphatic heterocycles. The Hall–Kier alpha value is -5.70. The highest BCUT2D eigenvalue weighted by molar-refractivity contribution is 6.01. The number of hydrogen-bond acceptors (Lipinski definition) is 10. The summed E-state index contributed by atoms with van der Waals surface area (Å²) < 4.78 is 30.3. The number of aromatic amines is 1. The number of likely N-dealkylation sites (tertiary alicyclic amines) is 1. The molecule has 0 radical (unpaired) electrons. The SMILES string of the molecule is O=C1CC[C@@H](Nc2ccc(N3CCC(N4CCC(C(=O)N[C@@H]5CCC[C@@H](Nc6ncc(F)c(-c7cccc(-c8ccc[nH]c8=O)c7)n6)CC5)CC4)CC3)c(F)c2)C(=O)N1. The fraction of sp³-hybridized carbons (Fsp3) is 0.455. The van der Waals surface area contributed by atoms with Crippen LogP contribution in [-0.2, 0) is 14.4 Å². The molecule has 3 saturated heterocycles. The minimum atomic E-state index is -0.564. The van der Waals surface area contributed by atoms with E-state index >= 15 is 8.78 Å². The number of anilines is 3. The average molecular weight is 808 g/mol. The van der Waals surface area contributed by atoms with Crippen molar-refractivity contribution < 1.29 is 23.2 Å². The van der Waals surface area contributed by atoms with Crippen LogP contribution in [0.5, 0.6) is 0 Å². The second-order valence-electron chi connectivity index (χ2n) is 16.3. The average Bonchev–Trinajstić information content (AvgIpc) is 3.47. The van der Waals surface area contributed by atoms with Crippen LogP contribution in [-0.4, -0.2) is 87.9 Å². The van der Waals surface area contributed by atoms with Gasteiger partial charge in [0, 0.05) is 66.6 Å². The number of nitrogens with one attached hydrogen (secondary N) is 5. The molecule has 1 saturated carbocycles. The largest absolute Gasteiger partial charge is 0.374 e. The Kier molecular flexibility index (Phi) is 12.3. The number of rotatable bonds is 10. The van der Waals surface area contributed by atoms with Gasteiger partial charge in [-0.1, -0.05) is 18.2 Å².